The first-order chi connectivity index (χ1) is 9.41. The van der Waals surface area contributed by atoms with Crippen molar-refractivity contribution in [3.8, 4) is 0 Å². The third kappa shape index (κ3) is 3.17. The summed E-state index contributed by atoms with van der Waals surface area (Å²) >= 11 is 0. The molecule has 20 heavy (non-hydrogen) atoms. The minimum atomic E-state index is -4.53. The molecule has 1 unspecified atom stereocenters. The summed E-state index contributed by atoms with van der Waals surface area (Å²) in [5.74, 6) is 4.57. The Morgan fingerprint density at radius 1 is 1.25 bits per heavy atom. The third-order valence-corrected chi connectivity index (χ3v) is 2.92. The van der Waals surface area contributed by atoms with Crippen LogP contribution in [0.25, 0.3) is 0 Å². The predicted octanol–water partition coefficient (Wildman–Crippen LogP) is 3.18. The third-order valence-electron chi connectivity index (χ3n) is 2.92. The zero-order chi connectivity index (χ0) is 14.8. The molecule has 1 aromatic carbocycles. The maximum atomic E-state index is 13.7. The van der Waals surface area contributed by atoms with E-state index in [0.717, 1.165) is 12.1 Å². The van der Waals surface area contributed by atoms with Crippen LogP contribution in [0.4, 0.5) is 17.6 Å². The number of hydrazine groups is 1. The van der Waals surface area contributed by atoms with Crippen LogP contribution >= 0.6 is 0 Å². The van der Waals surface area contributed by atoms with Gasteiger partial charge in [-0.1, -0.05) is 0 Å². The van der Waals surface area contributed by atoms with Crippen LogP contribution in [0.3, 0.4) is 0 Å². The molecule has 3 N–H and O–H groups in total. The second-order valence-electron chi connectivity index (χ2n) is 4.29. The van der Waals surface area contributed by atoms with Gasteiger partial charge >= 0.3 is 6.18 Å². The first-order valence-electron chi connectivity index (χ1n) is 5.75. The fraction of sp³-hybridized carbons (Fsp3) is 0.231. The Morgan fingerprint density at radius 2 is 2.00 bits per heavy atom. The monoisotopic (exact) mass is 288 g/mol. The molecule has 2 aromatic rings. The number of benzene rings is 1. The lowest BCUT2D eigenvalue weighted by atomic mass is 9.98. The number of rotatable bonds is 4. The van der Waals surface area contributed by atoms with Crippen LogP contribution in [0.1, 0.15) is 22.7 Å². The van der Waals surface area contributed by atoms with Gasteiger partial charge < -0.3 is 4.42 Å². The van der Waals surface area contributed by atoms with Gasteiger partial charge in [-0.2, -0.15) is 13.2 Å². The quantitative estimate of drug-likeness (QED) is 0.516. The van der Waals surface area contributed by atoms with Crippen LogP contribution < -0.4 is 11.3 Å². The van der Waals surface area contributed by atoms with E-state index < -0.39 is 23.6 Å². The molecule has 0 fully saturated rings. The smallest absolute Gasteiger partial charge is 0.416 e. The molecule has 108 valence electrons. The Balaban J connectivity index is 2.33. The Kier molecular flexibility index (Phi) is 4.10. The molecule has 0 amide bonds. The van der Waals surface area contributed by atoms with E-state index in [4.69, 9.17) is 10.3 Å². The van der Waals surface area contributed by atoms with E-state index in [1.54, 1.807) is 6.07 Å². The minimum absolute atomic E-state index is 0.136. The fourth-order valence-electron chi connectivity index (χ4n) is 1.89. The zero-order valence-electron chi connectivity index (χ0n) is 10.2. The van der Waals surface area contributed by atoms with Crippen LogP contribution in [0, 0.1) is 5.82 Å². The standard InChI is InChI=1S/C13H12F4N2O/c14-11-2-1-9(13(15,16)17)6-10(11)12(19-18)5-8-3-4-20-7-8/h1-4,6-7,12,19H,5,18H2. The lowest BCUT2D eigenvalue weighted by Gasteiger charge is -2.18. The fourth-order valence-corrected chi connectivity index (χ4v) is 1.89. The van der Waals surface area contributed by atoms with Gasteiger partial charge in [-0.05, 0) is 36.2 Å². The molecule has 0 saturated heterocycles. The van der Waals surface area contributed by atoms with Gasteiger partial charge in [0.05, 0.1) is 24.1 Å². The van der Waals surface area contributed by atoms with E-state index in [1.165, 1.54) is 12.5 Å². The first-order valence-corrected chi connectivity index (χ1v) is 5.75. The van der Waals surface area contributed by atoms with E-state index in [9.17, 15) is 17.6 Å². The van der Waals surface area contributed by atoms with Gasteiger partial charge in [-0.25, -0.2) is 4.39 Å². The molecule has 0 saturated carbocycles. The second kappa shape index (κ2) is 5.64. The van der Waals surface area contributed by atoms with Crippen molar-refractivity contribution in [2.75, 3.05) is 0 Å². The molecule has 0 radical (unpaired) electrons. The van der Waals surface area contributed by atoms with Gasteiger partial charge in [-0.15, -0.1) is 0 Å². The number of nitrogens with two attached hydrogens (primary N) is 1. The Bertz CT molecular complexity index is 566. The number of hydrogen-bond acceptors (Lipinski definition) is 3. The van der Waals surface area contributed by atoms with Gasteiger partial charge in [0.2, 0.25) is 0 Å². The van der Waals surface area contributed by atoms with E-state index in [1.807, 2.05) is 0 Å². The summed E-state index contributed by atoms with van der Waals surface area (Å²) in [7, 11) is 0. The number of halogens is 4. The molecule has 7 heteroatoms. The molecule has 0 aliphatic rings. The number of hydrogen-bond donors (Lipinski definition) is 2. The SMILES string of the molecule is NNC(Cc1ccoc1)c1cc(C(F)(F)F)ccc1F. The van der Waals surface area contributed by atoms with Crippen molar-refractivity contribution in [2.24, 2.45) is 5.84 Å². The molecular formula is C13H12F4N2O. The molecule has 2 rings (SSSR count). The maximum absolute atomic E-state index is 13.7. The highest BCUT2D eigenvalue weighted by Crippen LogP contribution is 2.32. The van der Waals surface area contributed by atoms with Gasteiger partial charge in [0, 0.05) is 5.56 Å². The zero-order valence-corrected chi connectivity index (χ0v) is 10.2. The summed E-state index contributed by atoms with van der Waals surface area (Å²) in [5.41, 5.74) is 1.97. The van der Waals surface area contributed by atoms with Crippen LogP contribution in [0.2, 0.25) is 0 Å². The van der Waals surface area contributed by atoms with Crippen LogP contribution in [-0.2, 0) is 12.6 Å². The molecule has 0 aliphatic heterocycles. The van der Waals surface area contributed by atoms with Crippen LogP contribution in [0.5, 0.6) is 0 Å². The summed E-state index contributed by atoms with van der Waals surface area (Å²) in [4.78, 5) is 0. The molecular weight excluding hydrogens is 276 g/mol. The molecule has 3 nitrogen and oxygen atoms in total. The summed E-state index contributed by atoms with van der Waals surface area (Å²) < 4.78 is 56.6. The number of nitrogens with one attached hydrogen (secondary N) is 1. The van der Waals surface area contributed by atoms with Crippen molar-refractivity contribution in [1.82, 2.24) is 5.43 Å². The molecule has 1 atom stereocenters. The van der Waals surface area contributed by atoms with Crippen molar-refractivity contribution in [2.45, 2.75) is 18.6 Å². The number of alkyl halides is 3. The van der Waals surface area contributed by atoms with Crippen molar-refractivity contribution in [1.29, 1.82) is 0 Å². The normalized spacial score (nSPS) is 13.4. The van der Waals surface area contributed by atoms with Gasteiger partial charge in [0.25, 0.3) is 0 Å². The Morgan fingerprint density at radius 3 is 2.55 bits per heavy atom. The van der Waals surface area contributed by atoms with Crippen molar-refractivity contribution < 1.29 is 22.0 Å². The predicted molar refractivity (Wildman–Crippen MR) is 63.9 cm³/mol. The van der Waals surface area contributed by atoms with Crippen molar-refractivity contribution in [3.63, 3.8) is 0 Å². The molecule has 1 heterocycles. The van der Waals surface area contributed by atoms with Crippen molar-refractivity contribution in [3.05, 3.63) is 59.3 Å². The highest BCUT2D eigenvalue weighted by molar-refractivity contribution is 5.30. The first kappa shape index (κ1) is 14.5. The summed E-state index contributed by atoms with van der Waals surface area (Å²) in [5, 5.41) is 0. The lowest BCUT2D eigenvalue weighted by molar-refractivity contribution is -0.137. The largest absolute Gasteiger partial charge is 0.472 e. The molecule has 1 aromatic heterocycles. The summed E-state index contributed by atoms with van der Waals surface area (Å²) in [6.45, 7) is 0. The van der Waals surface area contributed by atoms with Crippen LogP contribution in [0.15, 0.2) is 41.2 Å². The Labute approximate surface area is 112 Å². The summed E-state index contributed by atoms with van der Waals surface area (Å²) in [6.07, 6.45) is -1.47. The van der Waals surface area contributed by atoms with Crippen molar-refractivity contribution >= 4 is 0 Å². The molecule has 0 spiro atoms. The topological polar surface area (TPSA) is 51.2 Å². The second-order valence-corrected chi connectivity index (χ2v) is 4.29. The summed E-state index contributed by atoms with van der Waals surface area (Å²) in [6, 6.07) is 3.10. The van der Waals surface area contributed by atoms with E-state index in [-0.39, 0.29) is 12.0 Å². The lowest BCUT2D eigenvalue weighted by Crippen LogP contribution is -2.30. The maximum Gasteiger partial charge on any atom is 0.416 e. The molecule has 0 aliphatic carbocycles. The van der Waals surface area contributed by atoms with Crippen LogP contribution in [-0.4, -0.2) is 0 Å². The molecule has 0 bridgehead atoms. The van der Waals surface area contributed by atoms with E-state index >= 15 is 0 Å². The van der Waals surface area contributed by atoms with E-state index in [0.29, 0.717) is 11.6 Å². The average molecular weight is 288 g/mol. The van der Waals surface area contributed by atoms with Gasteiger partial charge in [-0.3, -0.25) is 11.3 Å². The highest BCUT2D eigenvalue weighted by Gasteiger charge is 2.32. The Hall–Kier alpha value is -1.86. The number of furan rings is 1. The van der Waals surface area contributed by atoms with Gasteiger partial charge in [0.15, 0.2) is 0 Å². The minimum Gasteiger partial charge on any atom is -0.472 e. The highest BCUT2D eigenvalue weighted by atomic mass is 19.4. The van der Waals surface area contributed by atoms with E-state index in [2.05, 4.69) is 5.43 Å². The van der Waals surface area contributed by atoms with Gasteiger partial charge in [0.1, 0.15) is 5.82 Å². The average Bonchev–Trinajstić information content (AvgIpc) is 2.88.